The van der Waals surface area contributed by atoms with Crippen molar-refractivity contribution in [2.45, 2.75) is 39.2 Å². The molecular formula is C15H20FN. The quantitative estimate of drug-likeness (QED) is 0.585. The second-order valence-electron chi connectivity index (χ2n) is 4.18. The molecule has 1 N–H and O–H groups in total. The van der Waals surface area contributed by atoms with Crippen LogP contribution in [0.3, 0.4) is 0 Å². The number of rotatable bonds is 6. The van der Waals surface area contributed by atoms with Crippen molar-refractivity contribution in [1.29, 1.82) is 0 Å². The van der Waals surface area contributed by atoms with E-state index in [1.165, 1.54) is 0 Å². The molecule has 0 saturated heterocycles. The molecule has 0 aliphatic heterocycles. The van der Waals surface area contributed by atoms with Crippen molar-refractivity contribution in [2.75, 3.05) is 6.54 Å². The van der Waals surface area contributed by atoms with Crippen LogP contribution >= 0.6 is 0 Å². The molecule has 0 bridgehead atoms. The molecule has 2 heteroatoms. The van der Waals surface area contributed by atoms with Crippen molar-refractivity contribution in [1.82, 2.24) is 5.32 Å². The van der Waals surface area contributed by atoms with Gasteiger partial charge in [0.15, 0.2) is 0 Å². The van der Waals surface area contributed by atoms with Crippen LogP contribution < -0.4 is 5.32 Å². The largest absolute Gasteiger partial charge is 0.310 e. The number of unbranched alkanes of at least 4 members (excludes halogenated alkanes) is 1. The molecule has 0 radical (unpaired) electrons. The minimum Gasteiger partial charge on any atom is -0.310 e. The molecule has 1 rings (SSSR count). The second-order valence-corrected chi connectivity index (χ2v) is 4.18. The Morgan fingerprint density at radius 1 is 1.47 bits per heavy atom. The van der Waals surface area contributed by atoms with Crippen LogP contribution in [0.1, 0.15) is 43.4 Å². The molecule has 92 valence electrons. The molecule has 17 heavy (non-hydrogen) atoms. The van der Waals surface area contributed by atoms with Crippen LogP contribution in [-0.4, -0.2) is 6.54 Å². The molecule has 0 aromatic heterocycles. The summed E-state index contributed by atoms with van der Waals surface area (Å²) in [6.07, 6.45) is 7.77. The Kier molecular flexibility index (Phi) is 5.72. The van der Waals surface area contributed by atoms with Crippen LogP contribution in [0.25, 0.3) is 0 Å². The summed E-state index contributed by atoms with van der Waals surface area (Å²) in [5.74, 6) is 2.52. The van der Waals surface area contributed by atoms with E-state index in [1.54, 1.807) is 13.0 Å². The number of hydrogen-bond acceptors (Lipinski definition) is 1. The molecule has 1 aromatic carbocycles. The molecule has 0 spiro atoms. The third kappa shape index (κ3) is 3.87. The summed E-state index contributed by atoms with van der Waals surface area (Å²) in [7, 11) is 0. The molecule has 1 atom stereocenters. The molecule has 0 aliphatic rings. The lowest BCUT2D eigenvalue weighted by Crippen LogP contribution is -2.22. The standard InChI is InChI=1S/C15H20FN/c1-4-6-7-11-14(17-5-2)13-10-8-9-12(3)15(13)16/h1,8-10,14,17H,5-7,11H2,2-3H3. The van der Waals surface area contributed by atoms with Gasteiger partial charge in [-0.25, -0.2) is 4.39 Å². The Labute approximate surface area is 103 Å². The van der Waals surface area contributed by atoms with E-state index in [1.807, 2.05) is 19.1 Å². The summed E-state index contributed by atoms with van der Waals surface area (Å²) >= 11 is 0. The Hall–Kier alpha value is -1.33. The third-order valence-electron chi connectivity index (χ3n) is 2.86. The molecule has 0 heterocycles. The van der Waals surface area contributed by atoms with Crippen LogP contribution in [0, 0.1) is 25.1 Å². The zero-order chi connectivity index (χ0) is 12.7. The van der Waals surface area contributed by atoms with Gasteiger partial charge in [-0.15, -0.1) is 12.3 Å². The summed E-state index contributed by atoms with van der Waals surface area (Å²) < 4.78 is 14.0. The van der Waals surface area contributed by atoms with Gasteiger partial charge in [0.1, 0.15) is 5.82 Å². The number of hydrogen-bond donors (Lipinski definition) is 1. The highest BCUT2D eigenvalue weighted by Gasteiger charge is 2.15. The highest BCUT2D eigenvalue weighted by Crippen LogP contribution is 2.23. The Morgan fingerprint density at radius 3 is 2.88 bits per heavy atom. The van der Waals surface area contributed by atoms with E-state index >= 15 is 0 Å². The maximum atomic E-state index is 14.0. The molecule has 1 nitrogen and oxygen atoms in total. The maximum absolute atomic E-state index is 14.0. The fourth-order valence-corrected chi connectivity index (χ4v) is 1.96. The summed E-state index contributed by atoms with van der Waals surface area (Å²) in [6, 6.07) is 5.61. The molecule has 0 fully saturated rings. The van der Waals surface area contributed by atoms with Crippen molar-refractivity contribution >= 4 is 0 Å². The topological polar surface area (TPSA) is 12.0 Å². The van der Waals surface area contributed by atoms with E-state index in [0.29, 0.717) is 5.56 Å². The Balaban J connectivity index is 2.82. The van der Waals surface area contributed by atoms with E-state index < -0.39 is 0 Å². The van der Waals surface area contributed by atoms with Gasteiger partial charge >= 0.3 is 0 Å². The molecule has 0 aliphatic carbocycles. The highest BCUT2D eigenvalue weighted by molar-refractivity contribution is 5.27. The second kappa shape index (κ2) is 7.09. The van der Waals surface area contributed by atoms with Gasteiger partial charge in [0.2, 0.25) is 0 Å². The lowest BCUT2D eigenvalue weighted by molar-refractivity contribution is 0.473. The van der Waals surface area contributed by atoms with Crippen molar-refractivity contribution in [3.8, 4) is 12.3 Å². The van der Waals surface area contributed by atoms with E-state index in [-0.39, 0.29) is 11.9 Å². The Morgan fingerprint density at radius 2 is 2.24 bits per heavy atom. The van der Waals surface area contributed by atoms with Crippen LogP contribution in [0.15, 0.2) is 18.2 Å². The van der Waals surface area contributed by atoms with Crippen LogP contribution in [0.4, 0.5) is 4.39 Å². The van der Waals surface area contributed by atoms with E-state index in [0.717, 1.165) is 31.4 Å². The first-order valence-electron chi connectivity index (χ1n) is 6.12. The monoisotopic (exact) mass is 233 g/mol. The lowest BCUT2D eigenvalue weighted by Gasteiger charge is -2.19. The summed E-state index contributed by atoms with van der Waals surface area (Å²) in [5.41, 5.74) is 1.45. The Bertz CT molecular complexity index is 392. The third-order valence-corrected chi connectivity index (χ3v) is 2.86. The normalized spacial score (nSPS) is 12.1. The van der Waals surface area contributed by atoms with Crippen LogP contribution in [-0.2, 0) is 0 Å². The first-order chi connectivity index (χ1) is 8.20. The van der Waals surface area contributed by atoms with Crippen LogP contribution in [0.5, 0.6) is 0 Å². The number of halogens is 1. The first kappa shape index (κ1) is 13.7. The van der Waals surface area contributed by atoms with Gasteiger partial charge < -0.3 is 5.32 Å². The van der Waals surface area contributed by atoms with E-state index in [9.17, 15) is 4.39 Å². The number of nitrogens with one attached hydrogen (secondary N) is 1. The van der Waals surface area contributed by atoms with E-state index in [4.69, 9.17) is 6.42 Å². The van der Waals surface area contributed by atoms with Gasteiger partial charge in [-0.05, 0) is 31.9 Å². The highest BCUT2D eigenvalue weighted by atomic mass is 19.1. The van der Waals surface area contributed by atoms with Crippen molar-refractivity contribution in [3.05, 3.63) is 35.1 Å². The molecule has 0 saturated carbocycles. The molecular weight excluding hydrogens is 213 g/mol. The zero-order valence-electron chi connectivity index (χ0n) is 10.6. The number of terminal acetylenes is 1. The predicted octanol–water partition coefficient (Wildman–Crippen LogP) is 3.59. The summed E-state index contributed by atoms with van der Waals surface area (Å²) in [5, 5.41) is 3.32. The molecule has 1 aromatic rings. The summed E-state index contributed by atoms with van der Waals surface area (Å²) in [4.78, 5) is 0. The van der Waals surface area contributed by atoms with Gasteiger partial charge in [-0.2, -0.15) is 0 Å². The fraction of sp³-hybridized carbons (Fsp3) is 0.467. The average molecular weight is 233 g/mol. The van der Waals surface area contributed by atoms with Gasteiger partial charge in [0.25, 0.3) is 0 Å². The van der Waals surface area contributed by atoms with Gasteiger partial charge in [-0.3, -0.25) is 0 Å². The molecule has 0 amide bonds. The first-order valence-corrected chi connectivity index (χ1v) is 6.12. The van der Waals surface area contributed by atoms with Crippen LogP contribution in [0.2, 0.25) is 0 Å². The maximum Gasteiger partial charge on any atom is 0.130 e. The zero-order valence-corrected chi connectivity index (χ0v) is 10.6. The summed E-state index contributed by atoms with van der Waals surface area (Å²) in [6.45, 7) is 4.65. The molecule has 1 unspecified atom stereocenters. The average Bonchev–Trinajstić information content (AvgIpc) is 2.32. The number of aryl methyl sites for hydroxylation is 1. The van der Waals surface area contributed by atoms with Crippen molar-refractivity contribution in [3.63, 3.8) is 0 Å². The van der Waals surface area contributed by atoms with E-state index in [2.05, 4.69) is 11.2 Å². The number of benzene rings is 1. The lowest BCUT2D eigenvalue weighted by atomic mass is 9.98. The fourth-order valence-electron chi connectivity index (χ4n) is 1.96. The minimum absolute atomic E-state index is 0.0632. The van der Waals surface area contributed by atoms with Crippen molar-refractivity contribution in [2.24, 2.45) is 0 Å². The smallest absolute Gasteiger partial charge is 0.130 e. The predicted molar refractivity (Wildman–Crippen MR) is 70.2 cm³/mol. The van der Waals surface area contributed by atoms with Gasteiger partial charge in [-0.1, -0.05) is 25.1 Å². The van der Waals surface area contributed by atoms with Gasteiger partial charge in [0, 0.05) is 18.0 Å². The van der Waals surface area contributed by atoms with Gasteiger partial charge in [0.05, 0.1) is 0 Å². The SMILES string of the molecule is C#CCCCC(NCC)c1cccc(C)c1F. The van der Waals surface area contributed by atoms with Crippen molar-refractivity contribution < 1.29 is 4.39 Å². The minimum atomic E-state index is -0.0980.